The van der Waals surface area contributed by atoms with E-state index < -0.39 is 17.7 Å². The van der Waals surface area contributed by atoms with E-state index in [0.29, 0.717) is 22.5 Å². The fourth-order valence-corrected chi connectivity index (χ4v) is 2.51. The van der Waals surface area contributed by atoms with Crippen LogP contribution in [-0.2, 0) is 10.9 Å². The average molecular weight is 372 g/mol. The Morgan fingerprint density at radius 1 is 1.00 bits per heavy atom. The number of carbonyl (C=O) groups is 1. The lowest BCUT2D eigenvalue weighted by molar-refractivity contribution is -0.137. The third-order valence-electron chi connectivity index (χ3n) is 3.81. The highest BCUT2D eigenvalue weighted by Gasteiger charge is 2.30. The van der Waals surface area contributed by atoms with Gasteiger partial charge in [-0.25, -0.2) is 14.8 Å². The number of halogens is 3. The summed E-state index contributed by atoms with van der Waals surface area (Å²) >= 11 is 0. The zero-order valence-electron chi connectivity index (χ0n) is 14.3. The Labute approximate surface area is 153 Å². The maximum absolute atomic E-state index is 12.8. The Kier molecular flexibility index (Phi) is 5.21. The molecular formula is C20H15F3N2O2. The summed E-state index contributed by atoms with van der Waals surface area (Å²) in [6.07, 6.45) is -3.01. The highest BCUT2D eigenvalue weighted by atomic mass is 19.4. The Morgan fingerprint density at radius 2 is 1.67 bits per heavy atom. The van der Waals surface area contributed by atoms with E-state index in [1.165, 1.54) is 18.3 Å². The molecule has 0 aliphatic rings. The number of nitrogens with zero attached hydrogens (tertiary/aromatic N) is 2. The molecular weight excluding hydrogens is 357 g/mol. The Morgan fingerprint density at radius 3 is 2.26 bits per heavy atom. The molecule has 7 heteroatoms. The van der Waals surface area contributed by atoms with Gasteiger partial charge in [-0.05, 0) is 24.6 Å². The van der Waals surface area contributed by atoms with Crippen molar-refractivity contribution in [3.05, 3.63) is 72.1 Å². The monoisotopic (exact) mass is 372 g/mol. The van der Waals surface area contributed by atoms with E-state index in [0.717, 1.165) is 12.1 Å². The summed E-state index contributed by atoms with van der Waals surface area (Å²) in [6.45, 7) is 1.81. The van der Waals surface area contributed by atoms with E-state index in [9.17, 15) is 18.0 Å². The van der Waals surface area contributed by atoms with E-state index in [1.807, 2.05) is 18.2 Å². The van der Waals surface area contributed by atoms with Crippen LogP contribution in [0.2, 0.25) is 0 Å². The first-order valence-electron chi connectivity index (χ1n) is 8.17. The van der Waals surface area contributed by atoms with Crippen molar-refractivity contribution in [1.82, 2.24) is 9.97 Å². The van der Waals surface area contributed by atoms with E-state index in [-0.39, 0.29) is 12.3 Å². The molecule has 27 heavy (non-hydrogen) atoms. The minimum atomic E-state index is -4.43. The summed E-state index contributed by atoms with van der Waals surface area (Å²) in [5.41, 5.74) is 0.644. The smallest absolute Gasteiger partial charge is 0.416 e. The van der Waals surface area contributed by atoms with Crippen molar-refractivity contribution in [2.45, 2.75) is 13.1 Å². The summed E-state index contributed by atoms with van der Waals surface area (Å²) in [6, 6.07) is 13.5. The first-order chi connectivity index (χ1) is 12.9. The zero-order valence-corrected chi connectivity index (χ0v) is 14.3. The zero-order chi connectivity index (χ0) is 19.4. The van der Waals surface area contributed by atoms with Gasteiger partial charge in [-0.3, -0.25) is 0 Å². The molecule has 0 amide bonds. The molecule has 0 spiro atoms. The minimum absolute atomic E-state index is 0.00506. The van der Waals surface area contributed by atoms with Crippen molar-refractivity contribution in [3.63, 3.8) is 0 Å². The lowest BCUT2D eigenvalue weighted by Crippen LogP contribution is -2.11. The van der Waals surface area contributed by atoms with Gasteiger partial charge in [-0.15, -0.1) is 0 Å². The van der Waals surface area contributed by atoms with Gasteiger partial charge in [0.05, 0.1) is 12.2 Å². The SMILES string of the molecule is CCOC(=O)c1nc(-c2ccccc2)ncc1-c1ccc(C(F)(F)F)cc1. The van der Waals surface area contributed by atoms with Gasteiger partial charge >= 0.3 is 12.1 Å². The van der Waals surface area contributed by atoms with E-state index in [1.54, 1.807) is 19.1 Å². The fourth-order valence-electron chi connectivity index (χ4n) is 2.51. The summed E-state index contributed by atoms with van der Waals surface area (Å²) in [7, 11) is 0. The number of hydrogen-bond donors (Lipinski definition) is 0. The standard InChI is InChI=1S/C20H15F3N2O2/c1-2-27-19(26)17-16(13-8-10-15(11-9-13)20(21,22)23)12-24-18(25-17)14-6-4-3-5-7-14/h3-12H,2H2,1H3. The Hall–Kier alpha value is -3.22. The molecule has 0 atom stereocenters. The van der Waals surface area contributed by atoms with Crippen LogP contribution in [0.4, 0.5) is 13.2 Å². The van der Waals surface area contributed by atoms with Gasteiger partial charge < -0.3 is 4.74 Å². The van der Waals surface area contributed by atoms with Crippen molar-refractivity contribution in [2.75, 3.05) is 6.61 Å². The minimum Gasteiger partial charge on any atom is -0.461 e. The molecule has 0 aliphatic carbocycles. The number of hydrogen-bond acceptors (Lipinski definition) is 4. The maximum Gasteiger partial charge on any atom is 0.416 e. The van der Waals surface area contributed by atoms with Crippen molar-refractivity contribution in [2.24, 2.45) is 0 Å². The second-order valence-electron chi connectivity index (χ2n) is 5.62. The lowest BCUT2D eigenvalue weighted by Gasteiger charge is -2.11. The summed E-state index contributed by atoms with van der Waals surface area (Å²) in [5.74, 6) is -0.332. The second-order valence-corrected chi connectivity index (χ2v) is 5.62. The number of esters is 1. The Bertz CT molecular complexity index is 940. The highest BCUT2D eigenvalue weighted by Crippen LogP contribution is 2.32. The van der Waals surface area contributed by atoms with Crippen LogP contribution in [0.5, 0.6) is 0 Å². The van der Waals surface area contributed by atoms with Crippen LogP contribution in [-0.4, -0.2) is 22.5 Å². The molecule has 0 unspecified atom stereocenters. The van der Waals surface area contributed by atoms with Crippen LogP contribution < -0.4 is 0 Å². The third kappa shape index (κ3) is 4.13. The number of carbonyl (C=O) groups excluding carboxylic acids is 1. The van der Waals surface area contributed by atoms with Crippen molar-refractivity contribution in [3.8, 4) is 22.5 Å². The number of alkyl halides is 3. The largest absolute Gasteiger partial charge is 0.461 e. The number of rotatable bonds is 4. The Balaban J connectivity index is 2.07. The van der Waals surface area contributed by atoms with E-state index in [4.69, 9.17) is 4.74 Å². The van der Waals surface area contributed by atoms with Crippen molar-refractivity contribution >= 4 is 5.97 Å². The van der Waals surface area contributed by atoms with Crippen LogP contribution >= 0.6 is 0 Å². The average Bonchev–Trinajstić information content (AvgIpc) is 2.68. The topological polar surface area (TPSA) is 52.1 Å². The molecule has 1 heterocycles. The molecule has 0 aliphatic heterocycles. The molecule has 3 aromatic rings. The van der Waals surface area contributed by atoms with Gasteiger partial charge in [-0.2, -0.15) is 13.2 Å². The molecule has 0 saturated carbocycles. The van der Waals surface area contributed by atoms with Crippen molar-refractivity contribution in [1.29, 1.82) is 0 Å². The first kappa shape index (κ1) is 18.6. The van der Waals surface area contributed by atoms with Crippen LogP contribution in [0.25, 0.3) is 22.5 Å². The normalized spacial score (nSPS) is 11.3. The number of aromatic nitrogens is 2. The third-order valence-corrected chi connectivity index (χ3v) is 3.81. The molecule has 3 rings (SSSR count). The molecule has 0 N–H and O–H groups in total. The summed E-state index contributed by atoms with van der Waals surface area (Å²) in [5, 5.41) is 0. The maximum atomic E-state index is 12.8. The number of ether oxygens (including phenoxy) is 1. The molecule has 0 radical (unpaired) electrons. The predicted molar refractivity (Wildman–Crippen MR) is 93.9 cm³/mol. The first-order valence-corrected chi connectivity index (χ1v) is 8.17. The van der Waals surface area contributed by atoms with Crippen LogP contribution in [0.3, 0.4) is 0 Å². The van der Waals surface area contributed by atoms with Gasteiger partial charge in [0.15, 0.2) is 11.5 Å². The van der Waals surface area contributed by atoms with E-state index >= 15 is 0 Å². The fraction of sp³-hybridized carbons (Fsp3) is 0.150. The molecule has 0 fully saturated rings. The molecule has 1 aromatic heterocycles. The molecule has 4 nitrogen and oxygen atoms in total. The second kappa shape index (κ2) is 7.57. The van der Waals surface area contributed by atoms with Crippen LogP contribution in [0, 0.1) is 0 Å². The van der Waals surface area contributed by atoms with Gasteiger partial charge in [0.25, 0.3) is 0 Å². The molecule has 2 aromatic carbocycles. The summed E-state index contributed by atoms with van der Waals surface area (Å²) in [4.78, 5) is 20.9. The molecule has 138 valence electrons. The lowest BCUT2D eigenvalue weighted by atomic mass is 10.0. The van der Waals surface area contributed by atoms with Crippen LogP contribution in [0.15, 0.2) is 60.8 Å². The van der Waals surface area contributed by atoms with Gasteiger partial charge in [0.2, 0.25) is 0 Å². The van der Waals surface area contributed by atoms with Crippen molar-refractivity contribution < 1.29 is 22.7 Å². The molecule has 0 saturated heterocycles. The van der Waals surface area contributed by atoms with Crippen LogP contribution in [0.1, 0.15) is 23.0 Å². The van der Waals surface area contributed by atoms with Gasteiger partial charge in [0.1, 0.15) is 0 Å². The van der Waals surface area contributed by atoms with Gasteiger partial charge in [0, 0.05) is 17.3 Å². The number of benzene rings is 2. The van der Waals surface area contributed by atoms with E-state index in [2.05, 4.69) is 9.97 Å². The van der Waals surface area contributed by atoms with Gasteiger partial charge in [-0.1, -0.05) is 42.5 Å². The highest BCUT2D eigenvalue weighted by molar-refractivity contribution is 5.95. The summed E-state index contributed by atoms with van der Waals surface area (Å²) < 4.78 is 43.4. The quantitative estimate of drug-likeness (QED) is 0.605. The predicted octanol–water partition coefficient (Wildman–Crippen LogP) is 5.01. The molecule has 0 bridgehead atoms.